The molecule has 4 aromatic rings. The molecule has 0 aliphatic carbocycles. The molecule has 0 saturated carbocycles. The Balaban J connectivity index is 1.69. The Labute approximate surface area is 169 Å². The van der Waals surface area contributed by atoms with Crippen molar-refractivity contribution in [1.29, 1.82) is 0 Å². The highest BCUT2D eigenvalue weighted by Crippen LogP contribution is 2.14. The normalized spacial score (nSPS) is 11.6. The largest absolute Gasteiger partial charge is 0.282 e. The van der Waals surface area contributed by atoms with E-state index in [-0.39, 0.29) is 5.56 Å². The molecule has 0 unspecified atom stereocenters. The Hall–Kier alpha value is -3.54. The Morgan fingerprint density at radius 2 is 1.72 bits per heavy atom. The van der Waals surface area contributed by atoms with Crippen LogP contribution < -0.4 is 5.56 Å². The van der Waals surface area contributed by atoms with Gasteiger partial charge >= 0.3 is 0 Å². The lowest BCUT2D eigenvalue weighted by Crippen LogP contribution is -2.20. The van der Waals surface area contributed by atoms with E-state index < -0.39 is 0 Å². The molecule has 2 aromatic carbocycles. The van der Waals surface area contributed by atoms with E-state index >= 15 is 0 Å². The van der Waals surface area contributed by atoms with Crippen LogP contribution in [0.25, 0.3) is 10.9 Å². The van der Waals surface area contributed by atoms with Crippen LogP contribution in [0.15, 0.2) is 58.4 Å². The van der Waals surface area contributed by atoms with Crippen LogP contribution in [0, 0.1) is 27.7 Å². The van der Waals surface area contributed by atoms with Gasteiger partial charge in [0.2, 0.25) is 0 Å². The lowest BCUT2D eigenvalue weighted by atomic mass is 10.1. The number of hydrogen-bond donors (Lipinski definition) is 0. The fraction of sp³-hybridized carbons (Fsp3) is 0.217. The fourth-order valence-corrected chi connectivity index (χ4v) is 3.40. The third-order valence-electron chi connectivity index (χ3n) is 5.11. The molecule has 0 amide bonds. The molecule has 0 saturated heterocycles. The van der Waals surface area contributed by atoms with Gasteiger partial charge in [-0.25, -0.2) is 4.98 Å². The Morgan fingerprint density at radius 3 is 2.48 bits per heavy atom. The van der Waals surface area contributed by atoms with Gasteiger partial charge in [0, 0.05) is 11.3 Å². The van der Waals surface area contributed by atoms with Crippen LogP contribution >= 0.6 is 0 Å². The van der Waals surface area contributed by atoms with Gasteiger partial charge in [-0.1, -0.05) is 42.0 Å². The van der Waals surface area contributed by atoms with E-state index in [1.807, 2.05) is 36.7 Å². The lowest BCUT2D eigenvalue weighted by molar-refractivity contribution is 0.659. The monoisotopic (exact) mass is 385 g/mol. The SMILES string of the molecule is Cc1ccc(Cn2nc(C)c(/C=N\n3c(C)nc4ccccc4c3=O)c2C)cc1. The number of nitrogens with zero attached hydrogens (tertiary/aromatic N) is 5. The van der Waals surface area contributed by atoms with Crippen molar-refractivity contribution in [2.24, 2.45) is 5.10 Å². The van der Waals surface area contributed by atoms with E-state index in [0.717, 1.165) is 17.0 Å². The topological polar surface area (TPSA) is 65.1 Å². The molecule has 0 aliphatic heterocycles. The third-order valence-corrected chi connectivity index (χ3v) is 5.11. The maximum Gasteiger partial charge on any atom is 0.282 e. The predicted octanol–water partition coefficient (Wildman–Crippen LogP) is 3.76. The van der Waals surface area contributed by atoms with Crippen molar-refractivity contribution < 1.29 is 0 Å². The van der Waals surface area contributed by atoms with Crippen LogP contribution in [-0.4, -0.2) is 25.7 Å². The van der Waals surface area contributed by atoms with Gasteiger partial charge in [-0.2, -0.15) is 14.9 Å². The van der Waals surface area contributed by atoms with Gasteiger partial charge in [0.15, 0.2) is 0 Å². The number of rotatable bonds is 4. The zero-order valence-electron chi connectivity index (χ0n) is 17.0. The second kappa shape index (κ2) is 7.47. The number of aryl methyl sites for hydroxylation is 3. The summed E-state index contributed by atoms with van der Waals surface area (Å²) >= 11 is 0. The van der Waals surface area contributed by atoms with Crippen molar-refractivity contribution in [2.75, 3.05) is 0 Å². The van der Waals surface area contributed by atoms with Crippen molar-refractivity contribution in [3.05, 3.63) is 92.8 Å². The summed E-state index contributed by atoms with van der Waals surface area (Å²) in [6.45, 7) is 8.52. The number of para-hydroxylation sites is 1. The van der Waals surface area contributed by atoms with Crippen LogP contribution in [0.3, 0.4) is 0 Å². The summed E-state index contributed by atoms with van der Waals surface area (Å²) in [6, 6.07) is 15.7. The number of hydrogen-bond acceptors (Lipinski definition) is 4. The molecule has 6 nitrogen and oxygen atoms in total. The first-order valence-corrected chi connectivity index (χ1v) is 9.56. The Kier molecular flexibility index (Phi) is 4.84. The summed E-state index contributed by atoms with van der Waals surface area (Å²) in [5.41, 5.74) is 5.72. The number of benzene rings is 2. The first-order valence-electron chi connectivity index (χ1n) is 9.56. The summed E-state index contributed by atoms with van der Waals surface area (Å²) in [5.74, 6) is 0.548. The minimum Gasteiger partial charge on any atom is -0.267 e. The molecule has 0 fully saturated rings. The van der Waals surface area contributed by atoms with Crippen LogP contribution in [0.1, 0.15) is 33.9 Å². The van der Waals surface area contributed by atoms with Gasteiger partial charge in [0.1, 0.15) is 5.82 Å². The van der Waals surface area contributed by atoms with Gasteiger partial charge in [0.25, 0.3) is 5.56 Å². The Bertz CT molecular complexity index is 1280. The average molecular weight is 385 g/mol. The molecule has 2 aromatic heterocycles. The lowest BCUT2D eigenvalue weighted by Gasteiger charge is -2.06. The highest BCUT2D eigenvalue weighted by atomic mass is 16.1. The second-order valence-electron chi connectivity index (χ2n) is 7.27. The van der Waals surface area contributed by atoms with Crippen molar-refractivity contribution in [1.82, 2.24) is 19.4 Å². The summed E-state index contributed by atoms with van der Waals surface area (Å²) in [7, 11) is 0. The summed E-state index contributed by atoms with van der Waals surface area (Å²) in [4.78, 5) is 17.3. The van der Waals surface area contributed by atoms with Gasteiger partial charge in [-0.15, -0.1) is 0 Å². The van der Waals surface area contributed by atoms with Gasteiger partial charge in [-0.3, -0.25) is 9.48 Å². The molecule has 6 heteroatoms. The quantitative estimate of drug-likeness (QED) is 0.503. The average Bonchev–Trinajstić information content (AvgIpc) is 2.96. The molecule has 0 spiro atoms. The summed E-state index contributed by atoms with van der Waals surface area (Å²) < 4.78 is 3.31. The minimum atomic E-state index is -0.174. The van der Waals surface area contributed by atoms with Crippen molar-refractivity contribution in [3.63, 3.8) is 0 Å². The van der Waals surface area contributed by atoms with E-state index in [1.54, 1.807) is 19.2 Å². The van der Waals surface area contributed by atoms with E-state index in [1.165, 1.54) is 15.8 Å². The maximum absolute atomic E-state index is 12.8. The third kappa shape index (κ3) is 3.61. The molecule has 0 N–H and O–H groups in total. The van der Waals surface area contributed by atoms with Crippen LogP contribution in [0.5, 0.6) is 0 Å². The van der Waals surface area contributed by atoms with E-state index in [4.69, 9.17) is 0 Å². The first kappa shape index (κ1) is 18.8. The maximum atomic E-state index is 12.8. The van der Waals surface area contributed by atoms with E-state index in [2.05, 4.69) is 46.4 Å². The standard InChI is InChI=1S/C23H23N5O/c1-15-9-11-19(12-10-15)14-27-17(3)21(16(2)26-27)13-24-28-18(4)25-22-8-6-5-7-20(22)23(28)29/h5-13H,14H2,1-4H3/b24-13-. The number of aromatic nitrogens is 4. The fourth-order valence-electron chi connectivity index (χ4n) is 3.40. The molecule has 0 radical (unpaired) electrons. The van der Waals surface area contributed by atoms with Gasteiger partial charge in [0.05, 0.1) is 29.4 Å². The summed E-state index contributed by atoms with van der Waals surface area (Å²) in [6.07, 6.45) is 1.70. The van der Waals surface area contributed by atoms with Crippen molar-refractivity contribution >= 4 is 17.1 Å². The van der Waals surface area contributed by atoms with E-state index in [0.29, 0.717) is 23.3 Å². The first-order chi connectivity index (χ1) is 13.9. The van der Waals surface area contributed by atoms with Gasteiger partial charge in [-0.05, 0) is 45.4 Å². The van der Waals surface area contributed by atoms with Crippen molar-refractivity contribution in [3.8, 4) is 0 Å². The molecular formula is C23H23N5O. The number of fused-ring (bicyclic) bond motifs is 1. The second-order valence-corrected chi connectivity index (χ2v) is 7.27. The van der Waals surface area contributed by atoms with Crippen molar-refractivity contribution in [2.45, 2.75) is 34.2 Å². The minimum absolute atomic E-state index is 0.174. The van der Waals surface area contributed by atoms with Crippen LogP contribution in [0.2, 0.25) is 0 Å². The zero-order valence-corrected chi connectivity index (χ0v) is 17.0. The zero-order chi connectivity index (χ0) is 20.5. The van der Waals surface area contributed by atoms with Crippen LogP contribution in [0.4, 0.5) is 0 Å². The molecule has 146 valence electrons. The molecule has 2 heterocycles. The highest BCUT2D eigenvalue weighted by Gasteiger charge is 2.11. The molecule has 4 rings (SSSR count). The van der Waals surface area contributed by atoms with Crippen LogP contribution in [-0.2, 0) is 6.54 Å². The summed E-state index contributed by atoms with van der Waals surface area (Å²) in [5, 5.41) is 9.65. The predicted molar refractivity (Wildman–Crippen MR) is 116 cm³/mol. The molecule has 0 bridgehead atoms. The van der Waals surface area contributed by atoms with E-state index in [9.17, 15) is 4.79 Å². The smallest absolute Gasteiger partial charge is 0.267 e. The van der Waals surface area contributed by atoms with Gasteiger partial charge < -0.3 is 0 Å². The molecule has 0 aliphatic rings. The molecular weight excluding hydrogens is 362 g/mol. The molecule has 29 heavy (non-hydrogen) atoms. The molecule has 0 atom stereocenters. The Morgan fingerprint density at radius 1 is 1.00 bits per heavy atom. The highest BCUT2D eigenvalue weighted by molar-refractivity contribution is 5.83.